The molecule has 0 bridgehead atoms. The third kappa shape index (κ3) is 14.6. The van der Waals surface area contributed by atoms with Crippen molar-refractivity contribution < 1.29 is 46.4 Å². The zero-order valence-corrected chi connectivity index (χ0v) is 34.3. The van der Waals surface area contributed by atoms with Crippen molar-refractivity contribution in [2.75, 3.05) is 6.54 Å². The van der Waals surface area contributed by atoms with E-state index in [-0.39, 0.29) is 36.8 Å². The Balaban J connectivity index is 1.73. The number of hydrogen-bond donors (Lipinski definition) is 6. The van der Waals surface area contributed by atoms with Gasteiger partial charge in [0.25, 0.3) is 27.7 Å². The number of halogens is 1. The number of ketones is 1. The number of aromatic nitrogens is 2. The van der Waals surface area contributed by atoms with Gasteiger partial charge in [-0.1, -0.05) is 73.1 Å². The van der Waals surface area contributed by atoms with Crippen LogP contribution < -0.4 is 31.3 Å². The smallest absolute Gasteiger partial charge is 0.290 e. The molecule has 0 spiro atoms. The van der Waals surface area contributed by atoms with Crippen molar-refractivity contribution in [2.45, 2.75) is 121 Å². The summed E-state index contributed by atoms with van der Waals surface area (Å²) in [5.74, 6) is -7.22. The third-order valence-corrected chi connectivity index (χ3v) is 11.3. The summed E-state index contributed by atoms with van der Waals surface area (Å²) in [5.41, 5.74) is 0.0117. The van der Waals surface area contributed by atoms with Gasteiger partial charge in [0, 0.05) is 12.4 Å². The largest absolute Gasteiger partial charge is 0.344 e. The molecule has 1 unspecified atom stereocenters. The highest BCUT2D eigenvalue weighted by atomic mass is 32.2. The molecule has 3 rings (SSSR count). The zero-order chi connectivity index (χ0) is 43.0. The minimum Gasteiger partial charge on any atom is -0.344 e. The van der Waals surface area contributed by atoms with E-state index in [4.69, 9.17) is 0 Å². The molecule has 1 heterocycles. The lowest BCUT2D eigenvalue weighted by atomic mass is 9.84. The van der Waals surface area contributed by atoms with E-state index in [0.29, 0.717) is 6.42 Å². The van der Waals surface area contributed by atoms with Crippen LogP contribution in [0.3, 0.4) is 0 Å². The maximum absolute atomic E-state index is 14.0. The monoisotopic (exact) mass is 830 g/mol. The van der Waals surface area contributed by atoms with Crippen LogP contribution in [0.4, 0.5) is 4.39 Å². The van der Waals surface area contributed by atoms with E-state index in [0.717, 1.165) is 56.4 Å². The van der Waals surface area contributed by atoms with Gasteiger partial charge in [0.05, 0.1) is 23.7 Å². The number of nitrogens with zero attached hydrogens (tertiary/aromatic N) is 2. The molecular formula is C39H55FN8O9S. The molecule has 2 aromatic rings. The van der Waals surface area contributed by atoms with Gasteiger partial charge in [-0.25, -0.2) is 22.5 Å². The second-order valence-corrected chi connectivity index (χ2v) is 16.6. The first kappa shape index (κ1) is 47.0. The lowest BCUT2D eigenvalue weighted by molar-refractivity contribution is -0.141. The topological polar surface area (TPSA) is 252 Å². The van der Waals surface area contributed by atoms with Crippen LogP contribution in [0, 0.1) is 23.6 Å². The van der Waals surface area contributed by atoms with Crippen molar-refractivity contribution in [3.05, 3.63) is 54.4 Å². The predicted molar refractivity (Wildman–Crippen MR) is 209 cm³/mol. The molecule has 1 saturated carbocycles. The van der Waals surface area contributed by atoms with Crippen LogP contribution >= 0.6 is 0 Å². The average molecular weight is 831 g/mol. The summed E-state index contributed by atoms with van der Waals surface area (Å²) in [4.78, 5) is 100. The van der Waals surface area contributed by atoms with Gasteiger partial charge in [-0.2, -0.15) is 0 Å². The summed E-state index contributed by atoms with van der Waals surface area (Å²) < 4.78 is 39.8. The van der Waals surface area contributed by atoms with Crippen LogP contribution in [0.5, 0.6) is 0 Å². The number of Topliss-reactive ketones (excluding diaryl/α,β-unsaturated/α-hetero) is 1. The maximum Gasteiger partial charge on any atom is 0.290 e. The Morgan fingerprint density at radius 3 is 2.02 bits per heavy atom. The molecule has 1 aromatic heterocycles. The number of carbonyl (C=O) groups excluding carboxylic acids is 7. The van der Waals surface area contributed by atoms with E-state index < -0.39 is 98.6 Å². The summed E-state index contributed by atoms with van der Waals surface area (Å²) in [6.07, 6.45) is 9.44. The van der Waals surface area contributed by atoms with Crippen molar-refractivity contribution >= 4 is 51.2 Å². The number of sulfonamides is 1. The minimum absolute atomic E-state index is 0.0117. The Hall–Kier alpha value is -5.33. The Morgan fingerprint density at radius 1 is 0.793 bits per heavy atom. The van der Waals surface area contributed by atoms with Crippen LogP contribution in [-0.2, 0) is 38.8 Å². The van der Waals surface area contributed by atoms with Gasteiger partial charge in [-0.05, 0) is 61.3 Å². The van der Waals surface area contributed by atoms with E-state index in [1.54, 1.807) is 11.6 Å². The molecular weight excluding hydrogens is 776 g/mol. The number of hydrogen-bond acceptors (Lipinski definition) is 11. The second-order valence-electron chi connectivity index (χ2n) is 14.9. The molecule has 5 atom stereocenters. The molecule has 58 heavy (non-hydrogen) atoms. The Kier molecular flexibility index (Phi) is 18.3. The van der Waals surface area contributed by atoms with E-state index in [1.807, 2.05) is 20.8 Å². The first-order valence-corrected chi connectivity index (χ1v) is 21.0. The molecule has 6 N–H and O–H groups in total. The Labute approximate surface area is 338 Å². The van der Waals surface area contributed by atoms with E-state index in [1.165, 1.54) is 25.5 Å². The Morgan fingerprint density at radius 2 is 1.43 bits per heavy atom. The standard InChI is InChI=1S/C39H55FN8O9S/c1-6-24(5)33(47-36(52)29(19-23(3)4)45-37(53)31-21-41-17-18-42-31)38(54)46-30(20-25-11-9-8-10-12-25)35(51)44-28(7-2)34(50)39(55)43-22-32(49)48-58(56,57)27-15-13-26(40)14-16-27/h13-18,21,23-25,28-30,33H,6-12,19-20,22H2,1-5H3,(H,43,55)(H,44,51)(H,45,53)(H,46,54)(H,47,52)(H,48,49)/t24-,28?,29-,30-,33-/m0/s1. The summed E-state index contributed by atoms with van der Waals surface area (Å²) in [5, 5.41) is 12.9. The van der Waals surface area contributed by atoms with Gasteiger partial charge >= 0.3 is 0 Å². The summed E-state index contributed by atoms with van der Waals surface area (Å²) in [7, 11) is -4.40. The fourth-order valence-corrected chi connectivity index (χ4v) is 7.43. The number of benzene rings is 1. The number of rotatable bonds is 21. The highest BCUT2D eigenvalue weighted by Gasteiger charge is 2.35. The molecule has 1 aliphatic rings. The molecule has 1 aliphatic carbocycles. The van der Waals surface area contributed by atoms with Gasteiger partial charge in [-0.15, -0.1) is 0 Å². The molecule has 19 heteroatoms. The fraction of sp³-hybridized carbons (Fsp3) is 0.564. The van der Waals surface area contributed by atoms with E-state index in [9.17, 15) is 46.4 Å². The lowest BCUT2D eigenvalue weighted by Gasteiger charge is -2.31. The first-order valence-electron chi connectivity index (χ1n) is 19.6. The lowest BCUT2D eigenvalue weighted by Crippen LogP contribution is -2.60. The maximum atomic E-state index is 14.0. The predicted octanol–water partition coefficient (Wildman–Crippen LogP) is 1.83. The van der Waals surface area contributed by atoms with Crippen molar-refractivity contribution in [3.63, 3.8) is 0 Å². The minimum atomic E-state index is -4.40. The van der Waals surface area contributed by atoms with Crippen molar-refractivity contribution in [3.8, 4) is 0 Å². The van der Waals surface area contributed by atoms with Gasteiger partial charge < -0.3 is 26.6 Å². The molecule has 0 saturated heterocycles. The first-order chi connectivity index (χ1) is 27.4. The molecule has 17 nitrogen and oxygen atoms in total. The molecule has 318 valence electrons. The van der Waals surface area contributed by atoms with Gasteiger partial charge in [0.15, 0.2) is 0 Å². The number of carbonyl (C=O) groups is 7. The second kappa shape index (κ2) is 22.6. The normalized spacial score (nSPS) is 15.8. The quantitative estimate of drug-likeness (QED) is 0.0991. The van der Waals surface area contributed by atoms with Crippen molar-refractivity contribution in [1.29, 1.82) is 0 Å². The van der Waals surface area contributed by atoms with E-state index in [2.05, 4.69) is 36.6 Å². The molecule has 1 fully saturated rings. The highest BCUT2D eigenvalue weighted by Crippen LogP contribution is 2.27. The average Bonchev–Trinajstić information content (AvgIpc) is 3.20. The van der Waals surface area contributed by atoms with Gasteiger partial charge in [-0.3, -0.25) is 38.5 Å². The zero-order valence-electron chi connectivity index (χ0n) is 33.5. The van der Waals surface area contributed by atoms with Crippen LogP contribution in [0.15, 0.2) is 47.8 Å². The van der Waals surface area contributed by atoms with Crippen LogP contribution in [0.2, 0.25) is 0 Å². The summed E-state index contributed by atoms with van der Waals surface area (Å²) in [6, 6.07) is -0.998. The molecule has 0 radical (unpaired) electrons. The summed E-state index contributed by atoms with van der Waals surface area (Å²) in [6.45, 7) is 7.99. The van der Waals surface area contributed by atoms with Gasteiger partial charge in [0.1, 0.15) is 29.6 Å². The van der Waals surface area contributed by atoms with Crippen LogP contribution in [0.25, 0.3) is 0 Å². The number of nitrogens with one attached hydrogen (secondary N) is 6. The molecule has 1 aromatic carbocycles. The van der Waals surface area contributed by atoms with Crippen molar-refractivity contribution in [2.24, 2.45) is 17.8 Å². The van der Waals surface area contributed by atoms with Crippen molar-refractivity contribution in [1.82, 2.24) is 41.3 Å². The fourth-order valence-electron chi connectivity index (χ4n) is 6.45. The van der Waals surface area contributed by atoms with Crippen LogP contribution in [0.1, 0.15) is 103 Å². The van der Waals surface area contributed by atoms with Crippen LogP contribution in [-0.4, -0.2) is 90.3 Å². The number of amides is 6. The Bertz CT molecular complexity index is 1860. The van der Waals surface area contributed by atoms with E-state index >= 15 is 0 Å². The third-order valence-electron chi connectivity index (χ3n) is 9.89. The molecule has 0 aliphatic heterocycles. The van der Waals surface area contributed by atoms with Gasteiger partial charge in [0.2, 0.25) is 23.5 Å². The summed E-state index contributed by atoms with van der Waals surface area (Å²) >= 11 is 0. The molecule has 6 amide bonds. The SMILES string of the molecule is CCC(NC(=O)[C@H](CC1CCCCC1)NC(=O)[C@@H](NC(=O)[C@H](CC(C)C)NC(=O)c1cnccn1)[C@@H](C)CC)C(=O)C(=O)NCC(=O)NS(=O)(=O)c1ccc(F)cc1. The highest BCUT2D eigenvalue weighted by molar-refractivity contribution is 7.90.